The van der Waals surface area contributed by atoms with E-state index in [-0.39, 0.29) is 12.5 Å². The van der Waals surface area contributed by atoms with Crippen molar-refractivity contribution in [2.45, 2.75) is 0 Å². The van der Waals surface area contributed by atoms with Crippen LogP contribution in [0, 0.1) is 0 Å². The number of hydrogen-bond donors (Lipinski definition) is 1. The second-order valence-electron chi connectivity index (χ2n) is 4.80. The van der Waals surface area contributed by atoms with Crippen LogP contribution in [-0.4, -0.2) is 17.5 Å². The first-order chi connectivity index (χ1) is 11.1. The lowest BCUT2D eigenvalue weighted by Crippen LogP contribution is -2.20. The van der Waals surface area contributed by atoms with Crippen LogP contribution in [0.4, 0.5) is 5.82 Å². The van der Waals surface area contributed by atoms with E-state index in [9.17, 15) is 4.79 Å². The van der Waals surface area contributed by atoms with Gasteiger partial charge in [0.25, 0.3) is 5.91 Å². The largest absolute Gasteiger partial charge is 0.483 e. The summed E-state index contributed by atoms with van der Waals surface area (Å²) in [6, 6.07) is 15.3. The number of carbonyl (C=O) groups is 1. The maximum atomic E-state index is 11.9. The van der Waals surface area contributed by atoms with Gasteiger partial charge in [-0.25, -0.2) is 4.98 Å². The molecule has 2 aromatic carbocycles. The van der Waals surface area contributed by atoms with Crippen LogP contribution >= 0.6 is 31.9 Å². The van der Waals surface area contributed by atoms with Gasteiger partial charge < -0.3 is 10.1 Å². The molecule has 23 heavy (non-hydrogen) atoms. The molecule has 0 radical (unpaired) electrons. The van der Waals surface area contributed by atoms with Crippen molar-refractivity contribution < 1.29 is 9.53 Å². The van der Waals surface area contributed by atoms with Gasteiger partial charge in [-0.1, -0.05) is 30.3 Å². The normalized spacial score (nSPS) is 10.5. The number of amides is 1. The lowest BCUT2D eigenvalue weighted by molar-refractivity contribution is -0.118. The number of halogens is 2. The van der Waals surface area contributed by atoms with Crippen molar-refractivity contribution in [3.8, 4) is 5.75 Å². The smallest absolute Gasteiger partial charge is 0.263 e. The van der Waals surface area contributed by atoms with Gasteiger partial charge in [0.05, 0.1) is 4.47 Å². The average Bonchev–Trinajstić information content (AvgIpc) is 2.57. The molecule has 1 heterocycles. The monoisotopic (exact) mass is 434 g/mol. The van der Waals surface area contributed by atoms with Crippen LogP contribution in [-0.2, 0) is 4.79 Å². The highest BCUT2D eigenvalue weighted by atomic mass is 79.9. The Morgan fingerprint density at radius 2 is 1.91 bits per heavy atom. The van der Waals surface area contributed by atoms with Crippen LogP contribution in [0.25, 0.3) is 10.8 Å². The van der Waals surface area contributed by atoms with Crippen molar-refractivity contribution in [1.82, 2.24) is 4.98 Å². The summed E-state index contributed by atoms with van der Waals surface area (Å²) in [5, 5.41) is 4.83. The minimum atomic E-state index is -0.264. The van der Waals surface area contributed by atoms with Crippen molar-refractivity contribution in [2.75, 3.05) is 11.9 Å². The fourth-order valence-corrected chi connectivity index (χ4v) is 2.94. The molecule has 0 saturated carbocycles. The summed E-state index contributed by atoms with van der Waals surface area (Å²) in [7, 11) is 0. The predicted octanol–water partition coefficient (Wildman–Crippen LogP) is 4.78. The molecular formula is C17H12Br2N2O2. The van der Waals surface area contributed by atoms with Crippen molar-refractivity contribution in [1.29, 1.82) is 0 Å². The van der Waals surface area contributed by atoms with Gasteiger partial charge in [0, 0.05) is 10.7 Å². The van der Waals surface area contributed by atoms with E-state index in [1.165, 1.54) is 0 Å². The second kappa shape index (κ2) is 7.10. The number of aromatic nitrogens is 1. The van der Waals surface area contributed by atoms with Crippen LogP contribution in [0.2, 0.25) is 0 Å². The molecule has 0 aliphatic carbocycles. The Morgan fingerprint density at radius 1 is 1.09 bits per heavy atom. The van der Waals surface area contributed by atoms with Gasteiger partial charge in [0.1, 0.15) is 11.6 Å². The Balaban J connectivity index is 1.67. The third kappa shape index (κ3) is 3.89. The first-order valence-corrected chi connectivity index (χ1v) is 8.43. The Kier molecular flexibility index (Phi) is 4.93. The zero-order valence-corrected chi connectivity index (χ0v) is 15.1. The highest BCUT2D eigenvalue weighted by Gasteiger charge is 2.09. The van der Waals surface area contributed by atoms with Crippen molar-refractivity contribution in [3.05, 3.63) is 63.7 Å². The predicted molar refractivity (Wildman–Crippen MR) is 97.7 cm³/mol. The van der Waals surface area contributed by atoms with Crippen molar-refractivity contribution in [2.24, 2.45) is 0 Å². The minimum Gasteiger partial charge on any atom is -0.483 e. The number of pyridine rings is 1. The van der Waals surface area contributed by atoms with Crippen LogP contribution < -0.4 is 10.1 Å². The minimum absolute atomic E-state index is 0.0886. The standard InChI is InChI=1S/C17H12Br2N2O2/c18-12-6-8-15(20-9-12)21-16(22)10-23-14-7-5-11-3-1-2-4-13(11)17(14)19/h1-9H,10H2,(H,20,21,22). The zero-order chi connectivity index (χ0) is 16.2. The fraction of sp³-hybridized carbons (Fsp3) is 0.0588. The molecule has 0 atom stereocenters. The SMILES string of the molecule is O=C(COc1ccc2ccccc2c1Br)Nc1ccc(Br)cn1. The summed E-state index contributed by atoms with van der Waals surface area (Å²) < 4.78 is 7.30. The number of nitrogens with one attached hydrogen (secondary N) is 1. The highest BCUT2D eigenvalue weighted by molar-refractivity contribution is 9.11. The summed E-state index contributed by atoms with van der Waals surface area (Å²) >= 11 is 6.83. The molecule has 3 aromatic rings. The average molecular weight is 436 g/mol. The van der Waals surface area contributed by atoms with Crippen LogP contribution in [0.15, 0.2) is 63.7 Å². The van der Waals surface area contributed by atoms with E-state index in [1.54, 1.807) is 12.3 Å². The van der Waals surface area contributed by atoms with Crippen LogP contribution in [0.1, 0.15) is 0 Å². The van der Waals surface area contributed by atoms with Crippen molar-refractivity contribution in [3.63, 3.8) is 0 Å². The molecule has 0 aliphatic rings. The van der Waals surface area contributed by atoms with E-state index >= 15 is 0 Å². The fourth-order valence-electron chi connectivity index (χ4n) is 2.10. The zero-order valence-electron chi connectivity index (χ0n) is 11.9. The first-order valence-electron chi connectivity index (χ1n) is 6.85. The number of fused-ring (bicyclic) bond motifs is 1. The number of carbonyl (C=O) groups excluding carboxylic acids is 1. The van der Waals surface area contributed by atoms with Crippen molar-refractivity contribution >= 4 is 54.4 Å². The third-order valence-corrected chi connectivity index (χ3v) is 4.47. The quantitative estimate of drug-likeness (QED) is 0.641. The summed E-state index contributed by atoms with van der Waals surface area (Å²) in [5.41, 5.74) is 0. The molecule has 0 saturated heterocycles. The molecule has 4 nitrogen and oxygen atoms in total. The maximum Gasteiger partial charge on any atom is 0.263 e. The summed E-state index contributed by atoms with van der Waals surface area (Å²) in [6.07, 6.45) is 1.62. The van der Waals surface area contributed by atoms with E-state index in [2.05, 4.69) is 42.2 Å². The first kappa shape index (κ1) is 16.0. The summed E-state index contributed by atoms with van der Waals surface area (Å²) in [4.78, 5) is 16.0. The Bertz CT molecular complexity index is 851. The van der Waals surface area contributed by atoms with E-state index in [0.717, 1.165) is 19.7 Å². The van der Waals surface area contributed by atoms with E-state index < -0.39 is 0 Å². The topological polar surface area (TPSA) is 51.2 Å². The van der Waals surface area contributed by atoms with E-state index in [1.807, 2.05) is 42.5 Å². The van der Waals surface area contributed by atoms with Gasteiger partial charge in [-0.15, -0.1) is 0 Å². The number of ether oxygens (including phenoxy) is 1. The lowest BCUT2D eigenvalue weighted by Gasteiger charge is -2.10. The number of anilines is 1. The number of nitrogens with zero attached hydrogens (tertiary/aromatic N) is 1. The third-order valence-electron chi connectivity index (χ3n) is 3.18. The Hall–Kier alpha value is -1.92. The summed E-state index contributed by atoms with van der Waals surface area (Å²) in [6.45, 7) is -0.0886. The Labute approximate surface area is 150 Å². The number of rotatable bonds is 4. The molecule has 0 bridgehead atoms. The number of benzene rings is 2. The molecule has 0 fully saturated rings. The summed E-state index contributed by atoms with van der Waals surface area (Å²) in [5.74, 6) is 0.849. The molecule has 0 unspecified atom stereocenters. The molecule has 1 N–H and O–H groups in total. The van der Waals surface area contributed by atoms with Gasteiger partial charge in [0.15, 0.2) is 6.61 Å². The van der Waals surface area contributed by atoms with Gasteiger partial charge >= 0.3 is 0 Å². The van der Waals surface area contributed by atoms with Crippen LogP contribution in [0.3, 0.4) is 0 Å². The maximum absolute atomic E-state index is 11.9. The van der Waals surface area contributed by atoms with E-state index in [4.69, 9.17) is 4.74 Å². The van der Waals surface area contributed by atoms with E-state index in [0.29, 0.717) is 11.6 Å². The van der Waals surface area contributed by atoms with Gasteiger partial charge in [-0.05, 0) is 60.8 Å². The molecule has 0 spiro atoms. The molecule has 116 valence electrons. The molecular weight excluding hydrogens is 424 g/mol. The van der Waals surface area contributed by atoms with Gasteiger partial charge in [0.2, 0.25) is 0 Å². The van der Waals surface area contributed by atoms with Gasteiger partial charge in [-0.3, -0.25) is 4.79 Å². The molecule has 1 amide bonds. The highest BCUT2D eigenvalue weighted by Crippen LogP contribution is 2.32. The molecule has 0 aliphatic heterocycles. The van der Waals surface area contributed by atoms with Gasteiger partial charge in [-0.2, -0.15) is 0 Å². The molecule has 1 aromatic heterocycles. The molecule has 6 heteroatoms. The lowest BCUT2D eigenvalue weighted by atomic mass is 10.1. The second-order valence-corrected chi connectivity index (χ2v) is 6.51. The number of hydrogen-bond acceptors (Lipinski definition) is 3. The van der Waals surface area contributed by atoms with Crippen LogP contribution in [0.5, 0.6) is 5.75 Å². The molecule has 3 rings (SSSR count). The Morgan fingerprint density at radius 3 is 2.70 bits per heavy atom.